The lowest BCUT2D eigenvalue weighted by Crippen LogP contribution is -2.26. The summed E-state index contributed by atoms with van der Waals surface area (Å²) in [5.74, 6) is 0.141. The molecule has 1 aromatic carbocycles. The Morgan fingerprint density at radius 2 is 2.31 bits per heavy atom. The van der Waals surface area contributed by atoms with Gasteiger partial charge in [0.1, 0.15) is 11.6 Å². The van der Waals surface area contributed by atoms with E-state index < -0.39 is 5.60 Å². The molecule has 88 valence electrons. The third kappa shape index (κ3) is 1.90. The predicted octanol–water partition coefficient (Wildman–Crippen LogP) is 1.53. The first-order valence-electron chi connectivity index (χ1n) is 5.37. The Hall–Kier alpha value is -1.13. The summed E-state index contributed by atoms with van der Waals surface area (Å²) in [5.41, 5.74) is 5.24. The number of rotatable bonds is 2. The SMILES string of the molecule is COc1ccc(F)cc1C1(O)CCC(N)C1. The predicted molar refractivity (Wildman–Crippen MR) is 58.7 cm³/mol. The molecule has 0 aliphatic heterocycles. The topological polar surface area (TPSA) is 55.5 Å². The zero-order valence-corrected chi connectivity index (χ0v) is 9.24. The molecule has 0 bridgehead atoms. The maximum Gasteiger partial charge on any atom is 0.125 e. The highest BCUT2D eigenvalue weighted by Gasteiger charge is 2.39. The molecule has 16 heavy (non-hydrogen) atoms. The molecule has 0 heterocycles. The van der Waals surface area contributed by atoms with Crippen LogP contribution in [-0.2, 0) is 5.60 Å². The van der Waals surface area contributed by atoms with E-state index in [4.69, 9.17) is 10.5 Å². The normalized spacial score (nSPS) is 29.4. The van der Waals surface area contributed by atoms with Gasteiger partial charge in [0.15, 0.2) is 0 Å². The van der Waals surface area contributed by atoms with Crippen LogP contribution in [0.15, 0.2) is 18.2 Å². The highest BCUT2D eigenvalue weighted by atomic mass is 19.1. The molecule has 4 heteroatoms. The van der Waals surface area contributed by atoms with Crippen LogP contribution in [0, 0.1) is 5.82 Å². The molecular weight excluding hydrogens is 209 g/mol. The largest absolute Gasteiger partial charge is 0.496 e. The smallest absolute Gasteiger partial charge is 0.125 e. The zero-order valence-electron chi connectivity index (χ0n) is 9.24. The van der Waals surface area contributed by atoms with Crippen molar-refractivity contribution in [2.45, 2.75) is 30.9 Å². The molecule has 1 aliphatic rings. The lowest BCUT2D eigenvalue weighted by Gasteiger charge is -2.25. The van der Waals surface area contributed by atoms with Gasteiger partial charge < -0.3 is 15.6 Å². The second-order valence-corrected chi connectivity index (χ2v) is 4.38. The molecule has 1 aromatic rings. The van der Waals surface area contributed by atoms with Crippen LogP contribution in [0.3, 0.4) is 0 Å². The van der Waals surface area contributed by atoms with Gasteiger partial charge in [-0.2, -0.15) is 0 Å². The number of halogens is 1. The Balaban J connectivity index is 2.42. The van der Waals surface area contributed by atoms with E-state index in [1.165, 1.54) is 25.3 Å². The number of hydrogen-bond acceptors (Lipinski definition) is 3. The molecule has 0 radical (unpaired) electrons. The van der Waals surface area contributed by atoms with Gasteiger partial charge >= 0.3 is 0 Å². The van der Waals surface area contributed by atoms with Crippen LogP contribution in [0.2, 0.25) is 0 Å². The van der Waals surface area contributed by atoms with Gasteiger partial charge in [-0.15, -0.1) is 0 Å². The molecule has 2 unspecified atom stereocenters. The molecule has 0 aromatic heterocycles. The molecule has 2 atom stereocenters. The fourth-order valence-corrected chi connectivity index (χ4v) is 2.35. The van der Waals surface area contributed by atoms with Crippen LogP contribution >= 0.6 is 0 Å². The van der Waals surface area contributed by atoms with E-state index in [1.807, 2.05) is 0 Å². The van der Waals surface area contributed by atoms with Crippen molar-refractivity contribution in [1.29, 1.82) is 0 Å². The maximum atomic E-state index is 13.2. The second kappa shape index (κ2) is 4.03. The average Bonchev–Trinajstić information content (AvgIpc) is 2.60. The first-order chi connectivity index (χ1) is 7.55. The summed E-state index contributed by atoms with van der Waals surface area (Å²) in [6.07, 6.45) is 1.75. The van der Waals surface area contributed by atoms with E-state index in [1.54, 1.807) is 0 Å². The Morgan fingerprint density at radius 3 is 2.88 bits per heavy atom. The Labute approximate surface area is 94.0 Å². The average molecular weight is 225 g/mol. The van der Waals surface area contributed by atoms with E-state index >= 15 is 0 Å². The number of benzene rings is 1. The monoisotopic (exact) mass is 225 g/mol. The first-order valence-corrected chi connectivity index (χ1v) is 5.37. The molecular formula is C12H16FNO2. The van der Waals surface area contributed by atoms with Crippen LogP contribution in [0.1, 0.15) is 24.8 Å². The number of aliphatic hydroxyl groups is 1. The Kier molecular flexibility index (Phi) is 2.86. The Morgan fingerprint density at radius 1 is 1.56 bits per heavy atom. The van der Waals surface area contributed by atoms with Crippen molar-refractivity contribution in [3.8, 4) is 5.75 Å². The summed E-state index contributed by atoms with van der Waals surface area (Å²) in [5, 5.41) is 10.4. The second-order valence-electron chi connectivity index (χ2n) is 4.38. The van der Waals surface area contributed by atoms with Gasteiger partial charge in [0.25, 0.3) is 0 Å². The van der Waals surface area contributed by atoms with Gasteiger partial charge in [-0.1, -0.05) is 0 Å². The molecule has 0 amide bonds. The van der Waals surface area contributed by atoms with Crippen LogP contribution in [0.25, 0.3) is 0 Å². The van der Waals surface area contributed by atoms with Crippen LogP contribution < -0.4 is 10.5 Å². The minimum absolute atomic E-state index is 0.0297. The van der Waals surface area contributed by atoms with Crippen LogP contribution in [-0.4, -0.2) is 18.3 Å². The molecule has 1 aliphatic carbocycles. The maximum absolute atomic E-state index is 13.2. The van der Waals surface area contributed by atoms with Gasteiger partial charge in [0.2, 0.25) is 0 Å². The van der Waals surface area contributed by atoms with E-state index in [0.717, 1.165) is 6.42 Å². The van der Waals surface area contributed by atoms with E-state index in [2.05, 4.69) is 0 Å². The third-order valence-corrected chi connectivity index (χ3v) is 3.19. The summed E-state index contributed by atoms with van der Waals surface area (Å²) < 4.78 is 18.4. The molecule has 3 nitrogen and oxygen atoms in total. The van der Waals surface area contributed by atoms with Crippen molar-refractivity contribution in [2.24, 2.45) is 5.73 Å². The zero-order chi connectivity index (χ0) is 11.8. The third-order valence-electron chi connectivity index (χ3n) is 3.19. The molecule has 1 saturated carbocycles. The minimum atomic E-state index is -1.05. The summed E-state index contributed by atoms with van der Waals surface area (Å²) in [7, 11) is 1.51. The van der Waals surface area contributed by atoms with Crippen molar-refractivity contribution in [2.75, 3.05) is 7.11 Å². The minimum Gasteiger partial charge on any atom is -0.496 e. The lowest BCUT2D eigenvalue weighted by molar-refractivity contribution is 0.0403. The van der Waals surface area contributed by atoms with Gasteiger partial charge in [-0.3, -0.25) is 0 Å². The molecule has 3 N–H and O–H groups in total. The van der Waals surface area contributed by atoms with E-state index in [0.29, 0.717) is 24.2 Å². The van der Waals surface area contributed by atoms with Crippen LogP contribution in [0.5, 0.6) is 5.75 Å². The highest BCUT2D eigenvalue weighted by molar-refractivity contribution is 5.39. The van der Waals surface area contributed by atoms with Gasteiger partial charge in [-0.25, -0.2) is 4.39 Å². The first kappa shape index (κ1) is 11.4. The van der Waals surface area contributed by atoms with Crippen molar-refractivity contribution in [3.05, 3.63) is 29.6 Å². The molecule has 0 spiro atoms. The van der Waals surface area contributed by atoms with Crippen molar-refractivity contribution < 1.29 is 14.2 Å². The summed E-state index contributed by atoms with van der Waals surface area (Å²) >= 11 is 0. The molecule has 0 saturated heterocycles. The van der Waals surface area contributed by atoms with E-state index in [-0.39, 0.29) is 11.9 Å². The summed E-state index contributed by atoms with van der Waals surface area (Å²) in [4.78, 5) is 0. The number of methoxy groups -OCH3 is 1. The number of ether oxygens (including phenoxy) is 1. The summed E-state index contributed by atoms with van der Waals surface area (Å²) in [6, 6.07) is 4.15. The summed E-state index contributed by atoms with van der Waals surface area (Å²) in [6.45, 7) is 0. The fourth-order valence-electron chi connectivity index (χ4n) is 2.35. The standard InChI is InChI=1S/C12H16FNO2/c1-16-11-3-2-8(13)6-10(11)12(15)5-4-9(14)7-12/h2-3,6,9,15H,4-5,7,14H2,1H3. The quantitative estimate of drug-likeness (QED) is 0.802. The van der Waals surface area contributed by atoms with Crippen LogP contribution in [0.4, 0.5) is 4.39 Å². The lowest BCUT2D eigenvalue weighted by atomic mass is 9.91. The van der Waals surface area contributed by atoms with Crippen molar-refractivity contribution >= 4 is 0 Å². The number of hydrogen-bond donors (Lipinski definition) is 2. The Bertz CT molecular complexity index is 397. The molecule has 1 fully saturated rings. The van der Waals surface area contributed by atoms with Gasteiger partial charge in [0, 0.05) is 11.6 Å². The highest BCUT2D eigenvalue weighted by Crippen LogP contribution is 2.42. The van der Waals surface area contributed by atoms with Crippen molar-refractivity contribution in [1.82, 2.24) is 0 Å². The van der Waals surface area contributed by atoms with Gasteiger partial charge in [-0.05, 0) is 37.5 Å². The fraction of sp³-hybridized carbons (Fsp3) is 0.500. The number of nitrogens with two attached hydrogens (primary N) is 1. The molecule has 2 rings (SSSR count). The van der Waals surface area contributed by atoms with Gasteiger partial charge in [0.05, 0.1) is 12.7 Å². The van der Waals surface area contributed by atoms with E-state index in [9.17, 15) is 9.50 Å². The van der Waals surface area contributed by atoms with Crippen molar-refractivity contribution in [3.63, 3.8) is 0 Å².